The second-order valence-electron chi connectivity index (χ2n) is 4.18. The van der Waals surface area contributed by atoms with Gasteiger partial charge in [-0.25, -0.2) is 0 Å². The topological polar surface area (TPSA) is 36.3 Å². The standard InChI is InChI=1S/C13H12ClNO/c1-9(2)7-13(8-15)12(16-13)10-3-5-11(14)6-4-10/h3-7,12H,1-2H3/t12-,13-/m1/s1. The van der Waals surface area contributed by atoms with Crippen molar-refractivity contribution < 1.29 is 4.74 Å². The molecule has 1 heterocycles. The quantitative estimate of drug-likeness (QED) is 0.578. The summed E-state index contributed by atoms with van der Waals surface area (Å²) in [5, 5.41) is 9.84. The number of nitriles is 1. The van der Waals surface area contributed by atoms with E-state index < -0.39 is 5.60 Å². The summed E-state index contributed by atoms with van der Waals surface area (Å²) in [6, 6.07) is 9.62. The van der Waals surface area contributed by atoms with E-state index in [0.717, 1.165) is 11.1 Å². The van der Waals surface area contributed by atoms with Crippen LogP contribution in [0.3, 0.4) is 0 Å². The smallest absolute Gasteiger partial charge is 0.204 e. The second kappa shape index (κ2) is 3.93. The van der Waals surface area contributed by atoms with E-state index in [1.807, 2.05) is 44.2 Å². The molecule has 3 heteroatoms. The molecule has 0 N–H and O–H groups in total. The number of nitrogens with zero attached hydrogens (tertiary/aromatic N) is 1. The third-order valence-corrected chi connectivity index (χ3v) is 2.75. The molecule has 0 aromatic heterocycles. The Labute approximate surface area is 100 Å². The lowest BCUT2D eigenvalue weighted by atomic mass is 9.99. The number of hydrogen-bond acceptors (Lipinski definition) is 2. The lowest BCUT2D eigenvalue weighted by molar-refractivity contribution is 0.365. The molecule has 2 rings (SSSR count). The molecule has 82 valence electrons. The Morgan fingerprint density at radius 3 is 2.56 bits per heavy atom. The highest BCUT2D eigenvalue weighted by Crippen LogP contribution is 2.50. The van der Waals surface area contributed by atoms with E-state index in [2.05, 4.69) is 6.07 Å². The zero-order valence-corrected chi connectivity index (χ0v) is 9.95. The number of rotatable bonds is 2. The molecular weight excluding hydrogens is 222 g/mol. The van der Waals surface area contributed by atoms with Gasteiger partial charge in [0.2, 0.25) is 5.60 Å². The molecule has 1 saturated heterocycles. The molecule has 0 bridgehead atoms. The van der Waals surface area contributed by atoms with Crippen LogP contribution in [0.2, 0.25) is 5.02 Å². The Balaban J connectivity index is 2.25. The third kappa shape index (κ3) is 1.97. The molecule has 0 unspecified atom stereocenters. The van der Waals surface area contributed by atoms with Gasteiger partial charge in [0.05, 0.1) is 0 Å². The molecule has 1 aromatic carbocycles. The van der Waals surface area contributed by atoms with Crippen LogP contribution < -0.4 is 0 Å². The molecule has 16 heavy (non-hydrogen) atoms. The SMILES string of the molecule is CC(C)=C[C@]1(C#N)O[C@@H]1c1ccc(Cl)cc1. The van der Waals surface area contributed by atoms with Crippen molar-refractivity contribution in [2.24, 2.45) is 0 Å². The molecular formula is C13H12ClNO. The highest BCUT2D eigenvalue weighted by atomic mass is 35.5. The summed E-state index contributed by atoms with van der Waals surface area (Å²) in [7, 11) is 0. The lowest BCUT2D eigenvalue weighted by Gasteiger charge is -1.99. The summed E-state index contributed by atoms with van der Waals surface area (Å²) in [6.07, 6.45) is 1.70. The van der Waals surface area contributed by atoms with Crippen molar-refractivity contribution in [2.75, 3.05) is 0 Å². The van der Waals surface area contributed by atoms with Crippen LogP contribution in [0, 0.1) is 11.3 Å². The predicted molar refractivity (Wildman–Crippen MR) is 63.1 cm³/mol. The molecule has 0 radical (unpaired) electrons. The number of allylic oxidation sites excluding steroid dienone is 1. The molecule has 0 aliphatic carbocycles. The van der Waals surface area contributed by atoms with E-state index in [1.165, 1.54) is 0 Å². The van der Waals surface area contributed by atoms with Crippen molar-refractivity contribution in [3.05, 3.63) is 46.5 Å². The van der Waals surface area contributed by atoms with Crippen molar-refractivity contribution >= 4 is 11.6 Å². The van der Waals surface area contributed by atoms with E-state index in [-0.39, 0.29) is 6.10 Å². The van der Waals surface area contributed by atoms with Crippen LogP contribution in [0.4, 0.5) is 0 Å². The minimum absolute atomic E-state index is 0.162. The minimum Gasteiger partial charge on any atom is -0.341 e. The highest BCUT2D eigenvalue weighted by Gasteiger charge is 2.56. The van der Waals surface area contributed by atoms with Crippen LogP contribution in [-0.4, -0.2) is 5.60 Å². The van der Waals surface area contributed by atoms with Gasteiger partial charge in [0.25, 0.3) is 0 Å². The summed E-state index contributed by atoms with van der Waals surface area (Å²) in [4.78, 5) is 0. The van der Waals surface area contributed by atoms with Gasteiger partial charge in [0, 0.05) is 5.02 Å². The number of ether oxygens (including phenoxy) is 1. The number of benzene rings is 1. The normalized spacial score (nSPS) is 27.0. The van der Waals surface area contributed by atoms with Crippen LogP contribution in [0.15, 0.2) is 35.9 Å². The first-order valence-corrected chi connectivity index (χ1v) is 5.46. The fourth-order valence-electron chi connectivity index (χ4n) is 1.77. The van der Waals surface area contributed by atoms with Gasteiger partial charge in [0.1, 0.15) is 12.2 Å². The Kier molecular flexibility index (Phi) is 2.75. The molecule has 0 saturated carbocycles. The summed E-state index contributed by atoms with van der Waals surface area (Å²) >= 11 is 5.81. The Morgan fingerprint density at radius 2 is 2.06 bits per heavy atom. The van der Waals surface area contributed by atoms with Crippen LogP contribution in [-0.2, 0) is 4.74 Å². The van der Waals surface area contributed by atoms with E-state index in [0.29, 0.717) is 5.02 Å². The molecule has 1 aliphatic rings. The van der Waals surface area contributed by atoms with Crippen molar-refractivity contribution in [1.82, 2.24) is 0 Å². The average Bonchev–Trinajstić information content (AvgIpc) is 2.93. The van der Waals surface area contributed by atoms with Gasteiger partial charge < -0.3 is 4.74 Å². The van der Waals surface area contributed by atoms with Crippen LogP contribution in [0.1, 0.15) is 25.5 Å². The molecule has 1 aromatic rings. The van der Waals surface area contributed by atoms with Gasteiger partial charge >= 0.3 is 0 Å². The van der Waals surface area contributed by atoms with Crippen molar-refractivity contribution in [2.45, 2.75) is 25.6 Å². The zero-order valence-electron chi connectivity index (χ0n) is 9.20. The van der Waals surface area contributed by atoms with Gasteiger partial charge in [-0.3, -0.25) is 0 Å². The maximum absolute atomic E-state index is 9.15. The number of halogens is 1. The van der Waals surface area contributed by atoms with Gasteiger partial charge in [-0.2, -0.15) is 5.26 Å². The van der Waals surface area contributed by atoms with E-state index >= 15 is 0 Å². The van der Waals surface area contributed by atoms with Crippen LogP contribution >= 0.6 is 11.6 Å². The summed E-state index contributed by atoms with van der Waals surface area (Å²) in [5.74, 6) is 0. The Morgan fingerprint density at radius 1 is 1.44 bits per heavy atom. The predicted octanol–water partition coefficient (Wildman–Crippen LogP) is 3.64. The lowest BCUT2D eigenvalue weighted by Crippen LogP contribution is -2.05. The average molecular weight is 234 g/mol. The first-order valence-electron chi connectivity index (χ1n) is 5.08. The molecule has 1 aliphatic heterocycles. The first-order chi connectivity index (χ1) is 7.57. The van der Waals surface area contributed by atoms with Crippen molar-refractivity contribution in [3.63, 3.8) is 0 Å². The van der Waals surface area contributed by atoms with E-state index in [9.17, 15) is 0 Å². The molecule has 0 spiro atoms. The second-order valence-corrected chi connectivity index (χ2v) is 4.61. The number of epoxide rings is 1. The van der Waals surface area contributed by atoms with Crippen molar-refractivity contribution in [3.8, 4) is 6.07 Å². The molecule has 0 amide bonds. The highest BCUT2D eigenvalue weighted by molar-refractivity contribution is 6.30. The van der Waals surface area contributed by atoms with Crippen molar-refractivity contribution in [1.29, 1.82) is 5.26 Å². The minimum atomic E-state index is -0.771. The fraction of sp³-hybridized carbons (Fsp3) is 0.308. The van der Waals surface area contributed by atoms with E-state index in [1.54, 1.807) is 0 Å². The van der Waals surface area contributed by atoms with Crippen LogP contribution in [0.5, 0.6) is 0 Å². The summed E-state index contributed by atoms with van der Waals surface area (Å²) in [6.45, 7) is 3.92. The maximum Gasteiger partial charge on any atom is 0.204 e. The largest absolute Gasteiger partial charge is 0.341 e. The molecule has 2 nitrogen and oxygen atoms in total. The fourth-order valence-corrected chi connectivity index (χ4v) is 1.90. The van der Waals surface area contributed by atoms with Gasteiger partial charge in [-0.1, -0.05) is 29.3 Å². The first kappa shape index (κ1) is 11.2. The molecule has 2 atom stereocenters. The summed E-state index contributed by atoms with van der Waals surface area (Å²) < 4.78 is 5.51. The Hall–Kier alpha value is -1.30. The van der Waals surface area contributed by atoms with Gasteiger partial charge in [-0.05, 0) is 37.6 Å². The third-order valence-electron chi connectivity index (χ3n) is 2.50. The Bertz CT molecular complexity index is 468. The zero-order chi connectivity index (χ0) is 11.8. The van der Waals surface area contributed by atoms with Crippen LogP contribution in [0.25, 0.3) is 0 Å². The summed E-state index contributed by atoms with van der Waals surface area (Å²) in [5.41, 5.74) is 1.30. The maximum atomic E-state index is 9.15. The molecule has 1 fully saturated rings. The van der Waals surface area contributed by atoms with E-state index in [4.69, 9.17) is 21.6 Å². The number of hydrogen-bond donors (Lipinski definition) is 0. The monoisotopic (exact) mass is 233 g/mol. The van der Waals surface area contributed by atoms with Gasteiger partial charge in [0.15, 0.2) is 0 Å². The van der Waals surface area contributed by atoms with Gasteiger partial charge in [-0.15, -0.1) is 0 Å².